The molecule has 5 nitrogen and oxygen atoms in total. The van der Waals surface area contributed by atoms with Gasteiger partial charge in [0.05, 0.1) is 0 Å². The lowest BCUT2D eigenvalue weighted by Crippen LogP contribution is -2.47. The fourth-order valence-corrected chi connectivity index (χ4v) is 3.36. The summed E-state index contributed by atoms with van der Waals surface area (Å²) in [4.78, 5) is 13.9. The fourth-order valence-electron chi connectivity index (χ4n) is 3.36. The van der Waals surface area contributed by atoms with Crippen LogP contribution in [0.1, 0.15) is 32.3 Å². The van der Waals surface area contributed by atoms with E-state index in [4.69, 9.17) is 0 Å². The van der Waals surface area contributed by atoms with Gasteiger partial charge in [0, 0.05) is 56.7 Å². The third kappa shape index (κ3) is 4.69. The van der Waals surface area contributed by atoms with E-state index in [0.717, 1.165) is 44.4 Å². The molecule has 0 aromatic carbocycles. The van der Waals surface area contributed by atoms with Crippen molar-refractivity contribution in [1.29, 1.82) is 0 Å². The Balaban J connectivity index is 1.61. The maximum atomic E-state index is 4.68. The predicted octanol–water partition coefficient (Wildman–Crippen LogP) is 3.08. The highest BCUT2D eigenvalue weighted by Gasteiger charge is 2.20. The third-order valence-electron chi connectivity index (χ3n) is 4.78. The lowest BCUT2D eigenvalue weighted by Gasteiger charge is -2.36. The topological polar surface area (TPSA) is 44.3 Å². The molecule has 1 atom stereocenters. The largest absolute Gasteiger partial charge is 0.353 e. The molecule has 3 rings (SSSR count). The van der Waals surface area contributed by atoms with Crippen LogP contribution in [-0.4, -0.2) is 42.2 Å². The Kier molecular flexibility index (Phi) is 6.23. The molecule has 2 aromatic heterocycles. The van der Waals surface area contributed by atoms with Crippen molar-refractivity contribution in [3.63, 3.8) is 0 Å². The number of pyridine rings is 2. The van der Waals surface area contributed by atoms with Crippen molar-refractivity contribution in [2.75, 3.05) is 36.0 Å². The maximum absolute atomic E-state index is 4.68. The summed E-state index contributed by atoms with van der Waals surface area (Å²) in [6.45, 7) is 9.28. The quantitative estimate of drug-likeness (QED) is 0.840. The molecule has 1 fully saturated rings. The van der Waals surface area contributed by atoms with Gasteiger partial charge in [-0.2, -0.15) is 0 Å². The summed E-state index contributed by atoms with van der Waals surface area (Å²) in [6, 6.07) is 10.9. The van der Waals surface area contributed by atoms with Crippen LogP contribution in [0.15, 0.2) is 42.7 Å². The molecule has 134 valence electrons. The molecule has 0 saturated carbocycles. The average molecular weight is 339 g/mol. The Morgan fingerprint density at radius 2 is 1.76 bits per heavy atom. The molecule has 0 aliphatic carbocycles. The molecule has 0 unspecified atom stereocenters. The third-order valence-corrected chi connectivity index (χ3v) is 4.78. The molecule has 5 heteroatoms. The van der Waals surface area contributed by atoms with E-state index in [-0.39, 0.29) is 0 Å². The van der Waals surface area contributed by atoms with Gasteiger partial charge in [0.2, 0.25) is 0 Å². The first-order valence-corrected chi connectivity index (χ1v) is 9.36. The van der Waals surface area contributed by atoms with Crippen molar-refractivity contribution in [2.45, 2.75) is 39.3 Å². The number of nitrogens with one attached hydrogen (secondary N) is 1. The van der Waals surface area contributed by atoms with E-state index in [1.165, 1.54) is 18.4 Å². The summed E-state index contributed by atoms with van der Waals surface area (Å²) in [5, 5.41) is 3.63. The normalized spacial score (nSPS) is 16.1. The van der Waals surface area contributed by atoms with Gasteiger partial charge in [-0.05, 0) is 31.5 Å². The second kappa shape index (κ2) is 8.81. The highest BCUT2D eigenvalue weighted by atomic mass is 15.3. The van der Waals surface area contributed by atoms with E-state index >= 15 is 0 Å². The van der Waals surface area contributed by atoms with E-state index in [2.05, 4.69) is 57.1 Å². The summed E-state index contributed by atoms with van der Waals surface area (Å²) in [7, 11) is 0. The van der Waals surface area contributed by atoms with Crippen molar-refractivity contribution < 1.29 is 0 Å². The first kappa shape index (κ1) is 17.7. The van der Waals surface area contributed by atoms with Gasteiger partial charge >= 0.3 is 0 Å². The van der Waals surface area contributed by atoms with E-state index in [1.54, 1.807) is 0 Å². The number of aromatic nitrogens is 2. The van der Waals surface area contributed by atoms with Gasteiger partial charge < -0.3 is 15.1 Å². The Bertz CT molecular complexity index is 638. The Hall–Kier alpha value is -2.14. The van der Waals surface area contributed by atoms with Gasteiger partial charge in [-0.3, -0.25) is 0 Å². The van der Waals surface area contributed by atoms with Gasteiger partial charge in [0.1, 0.15) is 11.6 Å². The van der Waals surface area contributed by atoms with Gasteiger partial charge in [-0.25, -0.2) is 9.97 Å². The van der Waals surface area contributed by atoms with Crippen molar-refractivity contribution in [3.05, 3.63) is 48.3 Å². The molecular formula is C20H29N5. The number of hydrogen-bond acceptors (Lipinski definition) is 5. The number of hydrogen-bond donors (Lipinski definition) is 1. The van der Waals surface area contributed by atoms with Crippen molar-refractivity contribution >= 4 is 11.6 Å². The molecule has 1 aliphatic rings. The predicted molar refractivity (Wildman–Crippen MR) is 104 cm³/mol. The number of piperazine rings is 1. The van der Waals surface area contributed by atoms with Crippen molar-refractivity contribution in [3.8, 4) is 0 Å². The van der Waals surface area contributed by atoms with Gasteiger partial charge in [0.25, 0.3) is 0 Å². The van der Waals surface area contributed by atoms with E-state index < -0.39 is 0 Å². The van der Waals surface area contributed by atoms with Gasteiger partial charge in [-0.15, -0.1) is 0 Å². The van der Waals surface area contributed by atoms with Crippen LogP contribution in [0.2, 0.25) is 0 Å². The van der Waals surface area contributed by atoms with E-state index in [9.17, 15) is 0 Å². The smallest absolute Gasteiger partial charge is 0.133 e. The Morgan fingerprint density at radius 3 is 2.48 bits per heavy atom. The zero-order valence-electron chi connectivity index (χ0n) is 15.4. The maximum Gasteiger partial charge on any atom is 0.133 e. The molecule has 1 aliphatic heterocycles. The molecule has 0 amide bonds. The molecule has 2 aromatic rings. The van der Waals surface area contributed by atoms with E-state index in [1.807, 2.05) is 24.5 Å². The number of anilines is 2. The molecule has 0 bridgehead atoms. The van der Waals surface area contributed by atoms with Crippen LogP contribution in [-0.2, 0) is 6.54 Å². The fraction of sp³-hybridized carbons (Fsp3) is 0.500. The van der Waals surface area contributed by atoms with Crippen LogP contribution in [0.5, 0.6) is 0 Å². The SMILES string of the molecule is CCC[C@H](C)NCc1cccnc1N1CCN(c2ccccn2)CC1. The molecule has 0 radical (unpaired) electrons. The molecule has 1 saturated heterocycles. The van der Waals surface area contributed by atoms with Gasteiger partial charge in [-0.1, -0.05) is 25.5 Å². The molecule has 25 heavy (non-hydrogen) atoms. The summed E-state index contributed by atoms with van der Waals surface area (Å²) >= 11 is 0. The van der Waals surface area contributed by atoms with Crippen molar-refractivity contribution in [2.24, 2.45) is 0 Å². The summed E-state index contributed by atoms with van der Waals surface area (Å²) in [5.74, 6) is 2.19. The minimum absolute atomic E-state index is 0.541. The van der Waals surface area contributed by atoms with Crippen LogP contribution in [0.3, 0.4) is 0 Å². The number of nitrogens with zero attached hydrogens (tertiary/aromatic N) is 4. The highest BCUT2D eigenvalue weighted by Crippen LogP contribution is 2.21. The summed E-state index contributed by atoms with van der Waals surface area (Å²) in [5.41, 5.74) is 1.29. The second-order valence-electron chi connectivity index (χ2n) is 6.72. The summed E-state index contributed by atoms with van der Waals surface area (Å²) < 4.78 is 0. The monoisotopic (exact) mass is 339 g/mol. The lowest BCUT2D eigenvalue weighted by atomic mass is 10.1. The second-order valence-corrected chi connectivity index (χ2v) is 6.72. The number of rotatable bonds is 7. The zero-order chi connectivity index (χ0) is 17.5. The highest BCUT2D eigenvalue weighted by molar-refractivity contribution is 5.49. The molecule has 3 heterocycles. The van der Waals surface area contributed by atoms with Crippen LogP contribution in [0.25, 0.3) is 0 Å². The minimum atomic E-state index is 0.541. The molecular weight excluding hydrogens is 310 g/mol. The van der Waals surface area contributed by atoms with Crippen molar-refractivity contribution in [1.82, 2.24) is 15.3 Å². The standard InChI is InChI=1S/C20H29N5/c1-3-7-17(2)23-16-18-8-6-11-22-20(18)25-14-12-24(13-15-25)19-9-4-5-10-21-19/h4-6,8-11,17,23H,3,7,12-16H2,1-2H3/t17-/m0/s1. The molecule has 0 spiro atoms. The van der Waals surface area contributed by atoms with Crippen LogP contribution < -0.4 is 15.1 Å². The van der Waals surface area contributed by atoms with E-state index in [0.29, 0.717) is 6.04 Å². The zero-order valence-corrected chi connectivity index (χ0v) is 15.4. The minimum Gasteiger partial charge on any atom is -0.353 e. The Labute approximate surface area is 151 Å². The average Bonchev–Trinajstić information content (AvgIpc) is 2.68. The first-order chi connectivity index (χ1) is 12.3. The Morgan fingerprint density at radius 1 is 1.00 bits per heavy atom. The van der Waals surface area contributed by atoms with Crippen LogP contribution in [0, 0.1) is 0 Å². The molecule has 1 N–H and O–H groups in total. The van der Waals surface area contributed by atoms with Crippen LogP contribution >= 0.6 is 0 Å². The first-order valence-electron chi connectivity index (χ1n) is 9.36. The summed E-state index contributed by atoms with van der Waals surface area (Å²) in [6.07, 6.45) is 6.18. The van der Waals surface area contributed by atoms with Gasteiger partial charge in [0.15, 0.2) is 0 Å². The van der Waals surface area contributed by atoms with Crippen LogP contribution in [0.4, 0.5) is 11.6 Å². The lowest BCUT2D eigenvalue weighted by molar-refractivity contribution is 0.507.